The number of hydrogen-bond acceptors (Lipinski definition) is 7. The Balaban J connectivity index is 1.00. The molecule has 2 aliphatic heterocycles. The topological polar surface area (TPSA) is 94.4 Å². The number of piperazine rings is 1. The fraction of sp³-hybridized carbons (Fsp3) is 0.588. The van der Waals surface area contributed by atoms with Gasteiger partial charge in [-0.1, -0.05) is 12.1 Å². The highest BCUT2D eigenvalue weighted by atomic mass is 16.7. The molecule has 1 saturated heterocycles. The zero-order valence-corrected chi connectivity index (χ0v) is 25.8. The second kappa shape index (κ2) is 10.6. The lowest BCUT2D eigenvalue weighted by Crippen LogP contribution is -2.62. The lowest BCUT2D eigenvalue weighted by molar-refractivity contribution is -0.145. The van der Waals surface area contributed by atoms with Crippen molar-refractivity contribution in [1.82, 2.24) is 10.2 Å². The summed E-state index contributed by atoms with van der Waals surface area (Å²) in [5.41, 5.74) is 9.98. The fourth-order valence-corrected chi connectivity index (χ4v) is 9.00. The van der Waals surface area contributed by atoms with Crippen LogP contribution in [-0.4, -0.2) is 67.7 Å². The zero-order chi connectivity index (χ0) is 29.9. The van der Waals surface area contributed by atoms with Gasteiger partial charge in [-0.3, -0.25) is 9.69 Å². The molecule has 2 heterocycles. The molecule has 0 radical (unpaired) electrons. The standard InChI is InChI=1S/C34H46N6O3/c1-33(2,3)38-14-12-37(13-15-38)26-8-10-27(11-9-26)39-16-17-40(29-7-5-4-6-28(29)39)43-32(42)36-30-24-18-23-19-25(30)22-34(20-23,21-24)31(35)41/h4-11,23-25,30H,12-22H2,1-3H3,(H2,35,41)(H,36,42)/t23?,24-,25+,30?,34?. The third kappa shape index (κ3) is 5.19. The molecule has 43 heavy (non-hydrogen) atoms. The minimum atomic E-state index is -0.412. The van der Waals surface area contributed by atoms with E-state index >= 15 is 0 Å². The number of hydrogen-bond donors (Lipinski definition) is 2. The number of nitrogens with two attached hydrogens (primary N) is 1. The minimum Gasteiger partial charge on any atom is -0.369 e. The lowest BCUT2D eigenvalue weighted by atomic mass is 9.47. The van der Waals surface area contributed by atoms with Gasteiger partial charge in [0, 0.05) is 61.1 Å². The van der Waals surface area contributed by atoms with Gasteiger partial charge in [0.25, 0.3) is 0 Å². The van der Waals surface area contributed by atoms with Crippen molar-refractivity contribution < 1.29 is 14.4 Å². The Hall–Kier alpha value is -3.46. The van der Waals surface area contributed by atoms with Crippen molar-refractivity contribution in [2.75, 3.05) is 54.1 Å². The van der Waals surface area contributed by atoms with Gasteiger partial charge in [0.05, 0.1) is 17.9 Å². The summed E-state index contributed by atoms with van der Waals surface area (Å²) >= 11 is 0. The van der Waals surface area contributed by atoms with Crippen molar-refractivity contribution in [2.45, 2.75) is 64.5 Å². The van der Waals surface area contributed by atoms with Crippen molar-refractivity contribution in [3.63, 3.8) is 0 Å². The molecule has 8 rings (SSSR count). The Bertz CT molecular complexity index is 1350. The molecule has 4 bridgehead atoms. The number of carbonyl (C=O) groups excluding carboxylic acids is 2. The Morgan fingerprint density at radius 2 is 1.47 bits per heavy atom. The van der Waals surface area contributed by atoms with Crippen molar-refractivity contribution in [3.05, 3.63) is 48.5 Å². The molecule has 3 unspecified atom stereocenters. The largest absolute Gasteiger partial charge is 0.431 e. The first-order valence-corrected chi connectivity index (χ1v) is 16.1. The summed E-state index contributed by atoms with van der Waals surface area (Å²) in [7, 11) is 0. The first kappa shape index (κ1) is 28.3. The summed E-state index contributed by atoms with van der Waals surface area (Å²) in [4.78, 5) is 38.9. The summed E-state index contributed by atoms with van der Waals surface area (Å²) in [6, 6.07) is 17.0. The SMILES string of the molecule is CC(C)(C)N1CCN(c2ccc(N3CCN(OC(=O)NC4[C@@H]5CC6C[C@H]4CC(C(N)=O)(C6)C5)c4ccccc43)cc2)CC1. The molecule has 2 aromatic rings. The van der Waals surface area contributed by atoms with Crippen molar-refractivity contribution in [1.29, 1.82) is 0 Å². The number of hydroxylamine groups is 1. The summed E-state index contributed by atoms with van der Waals surface area (Å²) in [5.74, 6) is 0.976. The molecular formula is C34H46N6O3. The minimum absolute atomic E-state index is 0.0445. The number of rotatable bonds is 5. The van der Waals surface area contributed by atoms with Crippen LogP contribution in [0, 0.1) is 23.2 Å². The quantitative estimate of drug-likeness (QED) is 0.516. The first-order valence-electron chi connectivity index (χ1n) is 16.1. The molecule has 0 spiro atoms. The zero-order valence-electron chi connectivity index (χ0n) is 25.8. The second-order valence-corrected chi connectivity index (χ2v) is 14.6. The van der Waals surface area contributed by atoms with Gasteiger partial charge in [-0.2, -0.15) is 0 Å². The summed E-state index contributed by atoms with van der Waals surface area (Å²) in [6.45, 7) is 12.3. The maximum atomic E-state index is 13.3. The molecule has 9 heteroatoms. The van der Waals surface area contributed by atoms with E-state index in [4.69, 9.17) is 10.6 Å². The third-order valence-corrected chi connectivity index (χ3v) is 11.0. The van der Waals surface area contributed by atoms with Gasteiger partial charge < -0.3 is 25.7 Å². The molecule has 2 aromatic carbocycles. The average Bonchev–Trinajstić information content (AvgIpc) is 2.98. The van der Waals surface area contributed by atoms with Crippen molar-refractivity contribution in [3.8, 4) is 0 Å². The smallest absolute Gasteiger partial charge is 0.369 e. The number of nitrogens with zero attached hydrogens (tertiary/aromatic N) is 4. The summed E-state index contributed by atoms with van der Waals surface area (Å²) in [5, 5.41) is 4.94. The van der Waals surface area contributed by atoms with E-state index in [1.807, 2.05) is 18.2 Å². The van der Waals surface area contributed by atoms with Crippen LogP contribution in [0.3, 0.4) is 0 Å². The number of benzene rings is 2. The van der Waals surface area contributed by atoms with Gasteiger partial charge in [0.15, 0.2) is 0 Å². The Kier molecular flexibility index (Phi) is 6.99. The van der Waals surface area contributed by atoms with Crippen LogP contribution in [0.1, 0.15) is 52.9 Å². The van der Waals surface area contributed by atoms with Gasteiger partial charge in [-0.15, -0.1) is 0 Å². The summed E-state index contributed by atoms with van der Waals surface area (Å²) < 4.78 is 0. The van der Waals surface area contributed by atoms with E-state index in [1.165, 1.54) is 5.69 Å². The van der Waals surface area contributed by atoms with E-state index in [1.54, 1.807) is 5.06 Å². The van der Waals surface area contributed by atoms with Gasteiger partial charge in [0.1, 0.15) is 0 Å². The van der Waals surface area contributed by atoms with Crippen LogP contribution >= 0.6 is 0 Å². The second-order valence-electron chi connectivity index (χ2n) is 14.6. The maximum Gasteiger partial charge on any atom is 0.431 e. The maximum absolute atomic E-state index is 13.3. The van der Waals surface area contributed by atoms with E-state index in [2.05, 4.69) is 71.1 Å². The predicted octanol–water partition coefficient (Wildman–Crippen LogP) is 4.89. The molecule has 4 aliphatic carbocycles. The Morgan fingerprint density at radius 1 is 0.837 bits per heavy atom. The van der Waals surface area contributed by atoms with Crippen LogP contribution in [0.4, 0.5) is 27.5 Å². The number of nitrogens with one attached hydrogen (secondary N) is 1. The van der Waals surface area contributed by atoms with Crippen molar-refractivity contribution in [2.24, 2.45) is 28.9 Å². The third-order valence-electron chi connectivity index (χ3n) is 11.0. The first-order chi connectivity index (χ1) is 20.6. The number of amides is 2. The number of para-hydroxylation sites is 2. The van der Waals surface area contributed by atoms with Gasteiger partial charge in [0.2, 0.25) is 5.91 Å². The van der Waals surface area contributed by atoms with Crippen LogP contribution in [-0.2, 0) is 9.63 Å². The fourth-order valence-electron chi connectivity index (χ4n) is 9.00. The van der Waals surface area contributed by atoms with Gasteiger partial charge >= 0.3 is 6.09 Å². The van der Waals surface area contributed by atoms with E-state index in [0.29, 0.717) is 30.8 Å². The van der Waals surface area contributed by atoms with Gasteiger partial charge in [-0.25, -0.2) is 9.86 Å². The van der Waals surface area contributed by atoms with Crippen LogP contribution in [0.15, 0.2) is 48.5 Å². The summed E-state index contributed by atoms with van der Waals surface area (Å²) in [6.07, 6.45) is 4.20. The molecule has 3 N–H and O–H groups in total. The number of anilines is 4. The van der Waals surface area contributed by atoms with Crippen LogP contribution in [0.5, 0.6) is 0 Å². The van der Waals surface area contributed by atoms with Gasteiger partial charge in [-0.05, 0) is 107 Å². The molecule has 2 amide bonds. The number of carbonyl (C=O) groups is 2. The molecule has 4 saturated carbocycles. The number of fused-ring (bicyclic) bond motifs is 1. The normalized spacial score (nSPS) is 30.3. The van der Waals surface area contributed by atoms with Crippen LogP contribution in [0.2, 0.25) is 0 Å². The molecule has 6 aliphatic rings. The van der Waals surface area contributed by atoms with E-state index in [9.17, 15) is 9.59 Å². The van der Waals surface area contributed by atoms with E-state index in [-0.39, 0.29) is 22.9 Å². The molecule has 5 atom stereocenters. The van der Waals surface area contributed by atoms with E-state index < -0.39 is 6.09 Å². The highest BCUT2D eigenvalue weighted by Gasteiger charge is 2.58. The molecule has 230 valence electrons. The number of primary amides is 1. The molecule has 0 aromatic heterocycles. The average molecular weight is 587 g/mol. The highest BCUT2D eigenvalue weighted by molar-refractivity contribution is 5.82. The monoisotopic (exact) mass is 586 g/mol. The Labute approximate surface area is 255 Å². The predicted molar refractivity (Wildman–Crippen MR) is 169 cm³/mol. The molecule has 5 fully saturated rings. The van der Waals surface area contributed by atoms with Crippen LogP contribution < -0.4 is 25.9 Å². The molecule has 9 nitrogen and oxygen atoms in total. The van der Waals surface area contributed by atoms with Crippen molar-refractivity contribution >= 4 is 34.7 Å². The molecular weight excluding hydrogens is 540 g/mol. The lowest BCUT2D eigenvalue weighted by Gasteiger charge is -2.58. The van der Waals surface area contributed by atoms with Crippen LogP contribution in [0.25, 0.3) is 0 Å². The van der Waals surface area contributed by atoms with E-state index in [0.717, 1.165) is 75.3 Å². The highest BCUT2D eigenvalue weighted by Crippen LogP contribution is 2.60. The Morgan fingerprint density at radius 3 is 2.09 bits per heavy atom.